The zero-order chi connectivity index (χ0) is 24.6. The number of amides is 2. The van der Waals surface area contributed by atoms with E-state index in [1.54, 1.807) is 4.90 Å². The van der Waals surface area contributed by atoms with E-state index in [0.29, 0.717) is 12.1 Å². The summed E-state index contributed by atoms with van der Waals surface area (Å²) in [6.07, 6.45) is 0.280. The predicted octanol–water partition coefficient (Wildman–Crippen LogP) is 6.26. The molecule has 0 aliphatic rings. The van der Waals surface area contributed by atoms with Crippen molar-refractivity contribution in [3.8, 4) is 0 Å². The van der Waals surface area contributed by atoms with Gasteiger partial charge in [-0.1, -0.05) is 90.5 Å². The van der Waals surface area contributed by atoms with E-state index >= 15 is 0 Å². The number of nitrogens with one attached hydrogen (secondary N) is 1. The van der Waals surface area contributed by atoms with E-state index in [0.717, 1.165) is 22.4 Å². The van der Waals surface area contributed by atoms with Crippen LogP contribution in [0.3, 0.4) is 0 Å². The molecule has 1 atom stereocenters. The summed E-state index contributed by atoms with van der Waals surface area (Å²) in [5.74, 6) is -0.0978. The molecule has 0 aliphatic carbocycles. The maximum absolute atomic E-state index is 13.4. The Balaban J connectivity index is 1.49. The lowest BCUT2D eigenvalue weighted by Gasteiger charge is -2.24. The molecule has 0 aromatic heterocycles. The molecule has 4 nitrogen and oxygen atoms in total. The van der Waals surface area contributed by atoms with Crippen LogP contribution in [0.4, 0.5) is 5.69 Å². The molecule has 0 bridgehead atoms. The summed E-state index contributed by atoms with van der Waals surface area (Å²) in [5.41, 5.74) is 5.63. The Kier molecular flexibility index (Phi) is 7.74. The van der Waals surface area contributed by atoms with Crippen LogP contribution >= 0.6 is 0 Å². The summed E-state index contributed by atoms with van der Waals surface area (Å²) >= 11 is 0. The molecular formula is C31H30N2O2. The molecule has 0 saturated heterocycles. The van der Waals surface area contributed by atoms with Gasteiger partial charge in [-0.2, -0.15) is 0 Å². The van der Waals surface area contributed by atoms with Crippen molar-refractivity contribution in [2.45, 2.75) is 32.9 Å². The summed E-state index contributed by atoms with van der Waals surface area (Å²) in [6, 6.07) is 35.0. The van der Waals surface area contributed by atoms with Crippen molar-refractivity contribution in [2.75, 3.05) is 4.90 Å². The van der Waals surface area contributed by atoms with E-state index in [-0.39, 0.29) is 24.3 Å². The lowest BCUT2D eigenvalue weighted by Crippen LogP contribution is -2.30. The fourth-order valence-electron chi connectivity index (χ4n) is 3.99. The van der Waals surface area contributed by atoms with Gasteiger partial charge in [-0.3, -0.25) is 9.59 Å². The van der Waals surface area contributed by atoms with Gasteiger partial charge in [-0.05, 0) is 54.8 Å². The first-order valence-corrected chi connectivity index (χ1v) is 11.9. The molecule has 35 heavy (non-hydrogen) atoms. The minimum atomic E-state index is -0.0617. The normalized spacial score (nSPS) is 11.5. The lowest BCUT2D eigenvalue weighted by atomic mass is 10.1. The minimum absolute atomic E-state index is 0.0361. The molecule has 4 heteroatoms. The summed E-state index contributed by atoms with van der Waals surface area (Å²) < 4.78 is 0. The highest BCUT2D eigenvalue weighted by atomic mass is 16.2. The number of rotatable bonds is 8. The monoisotopic (exact) mass is 462 g/mol. The smallest absolute Gasteiger partial charge is 0.258 e. The molecule has 2 amide bonds. The second kappa shape index (κ2) is 11.3. The van der Waals surface area contributed by atoms with Gasteiger partial charge in [0.1, 0.15) is 0 Å². The third kappa shape index (κ3) is 6.45. The number of benzene rings is 4. The van der Waals surface area contributed by atoms with E-state index in [2.05, 4.69) is 17.4 Å². The van der Waals surface area contributed by atoms with Crippen molar-refractivity contribution in [1.82, 2.24) is 5.32 Å². The third-order valence-corrected chi connectivity index (χ3v) is 6.02. The molecule has 0 heterocycles. The lowest BCUT2D eigenvalue weighted by molar-refractivity contribution is -0.121. The highest BCUT2D eigenvalue weighted by Gasteiger charge is 2.18. The summed E-state index contributed by atoms with van der Waals surface area (Å²) in [6.45, 7) is 4.49. The van der Waals surface area contributed by atoms with Gasteiger partial charge >= 0.3 is 0 Å². The number of aryl methyl sites for hydroxylation is 1. The van der Waals surface area contributed by atoms with E-state index in [1.165, 1.54) is 5.56 Å². The van der Waals surface area contributed by atoms with Crippen LogP contribution in [0.15, 0.2) is 109 Å². The van der Waals surface area contributed by atoms with E-state index in [4.69, 9.17) is 0 Å². The second-order valence-corrected chi connectivity index (χ2v) is 8.79. The Morgan fingerprint density at radius 3 is 1.94 bits per heavy atom. The van der Waals surface area contributed by atoms with Crippen molar-refractivity contribution in [2.24, 2.45) is 0 Å². The minimum Gasteiger partial charge on any atom is -0.349 e. The quantitative estimate of drug-likeness (QED) is 0.336. The van der Waals surface area contributed by atoms with Crippen molar-refractivity contribution in [1.29, 1.82) is 0 Å². The van der Waals surface area contributed by atoms with Gasteiger partial charge in [0, 0.05) is 11.3 Å². The average molecular weight is 463 g/mol. The number of anilines is 1. The van der Waals surface area contributed by atoms with Crippen LogP contribution in [0, 0.1) is 6.92 Å². The number of nitrogens with zero attached hydrogens (tertiary/aromatic N) is 1. The van der Waals surface area contributed by atoms with Crippen LogP contribution in [0.25, 0.3) is 0 Å². The van der Waals surface area contributed by atoms with Crippen LogP contribution < -0.4 is 10.2 Å². The highest BCUT2D eigenvalue weighted by molar-refractivity contribution is 6.06. The van der Waals surface area contributed by atoms with Crippen LogP contribution in [-0.2, 0) is 17.8 Å². The first-order chi connectivity index (χ1) is 17.0. The molecule has 0 fully saturated rings. The molecule has 176 valence electrons. The van der Waals surface area contributed by atoms with Gasteiger partial charge in [0.25, 0.3) is 5.91 Å². The van der Waals surface area contributed by atoms with Gasteiger partial charge in [0.05, 0.1) is 19.0 Å². The molecule has 4 aromatic carbocycles. The topological polar surface area (TPSA) is 49.4 Å². The highest BCUT2D eigenvalue weighted by Crippen LogP contribution is 2.22. The van der Waals surface area contributed by atoms with Gasteiger partial charge in [0.15, 0.2) is 0 Å². The van der Waals surface area contributed by atoms with E-state index in [1.807, 2.05) is 111 Å². The molecule has 0 saturated carbocycles. The fourth-order valence-corrected chi connectivity index (χ4v) is 3.99. The molecule has 1 unspecified atom stereocenters. The Labute approximate surface area is 207 Å². The van der Waals surface area contributed by atoms with Crippen molar-refractivity contribution in [3.63, 3.8) is 0 Å². The van der Waals surface area contributed by atoms with Crippen LogP contribution in [-0.4, -0.2) is 11.8 Å². The molecular weight excluding hydrogens is 432 g/mol. The summed E-state index contributed by atoms with van der Waals surface area (Å²) in [4.78, 5) is 27.8. The van der Waals surface area contributed by atoms with Crippen molar-refractivity contribution in [3.05, 3.63) is 137 Å². The number of carbonyl (C=O) groups is 2. The average Bonchev–Trinajstić information content (AvgIpc) is 2.89. The van der Waals surface area contributed by atoms with Gasteiger partial charge < -0.3 is 10.2 Å². The number of carbonyl (C=O) groups excluding carboxylic acids is 2. The Morgan fingerprint density at radius 1 is 0.743 bits per heavy atom. The van der Waals surface area contributed by atoms with E-state index < -0.39 is 0 Å². The van der Waals surface area contributed by atoms with E-state index in [9.17, 15) is 9.59 Å². The predicted molar refractivity (Wildman–Crippen MR) is 141 cm³/mol. The van der Waals surface area contributed by atoms with Gasteiger partial charge in [-0.25, -0.2) is 0 Å². The maximum atomic E-state index is 13.4. The van der Waals surface area contributed by atoms with Gasteiger partial charge in [-0.15, -0.1) is 0 Å². The molecule has 0 spiro atoms. The van der Waals surface area contributed by atoms with Crippen molar-refractivity contribution < 1.29 is 9.59 Å². The van der Waals surface area contributed by atoms with Crippen LogP contribution in [0.1, 0.15) is 45.6 Å². The first-order valence-electron chi connectivity index (χ1n) is 11.9. The maximum Gasteiger partial charge on any atom is 0.258 e. The third-order valence-electron chi connectivity index (χ3n) is 6.02. The largest absolute Gasteiger partial charge is 0.349 e. The number of hydrogen-bond acceptors (Lipinski definition) is 2. The molecule has 0 aliphatic heterocycles. The molecule has 4 aromatic rings. The SMILES string of the molecule is Cc1ccc(CN(C(=O)c2ccccc2)c2ccc(CC(=O)NC(C)c3ccccc3)cc2)cc1. The Hall–Kier alpha value is -4.18. The summed E-state index contributed by atoms with van der Waals surface area (Å²) in [5, 5.41) is 3.06. The Bertz CT molecular complexity index is 1250. The van der Waals surface area contributed by atoms with Crippen LogP contribution in [0.5, 0.6) is 0 Å². The first kappa shape index (κ1) is 24.0. The molecule has 0 radical (unpaired) electrons. The standard InChI is InChI=1S/C31H30N2O2/c1-23-13-15-26(16-14-23)22-33(31(35)28-11-7-4-8-12-28)29-19-17-25(18-20-29)21-30(34)32-24(2)27-9-5-3-6-10-27/h3-20,24H,21-22H2,1-2H3,(H,32,34). The summed E-state index contributed by atoms with van der Waals surface area (Å²) in [7, 11) is 0. The van der Waals surface area contributed by atoms with Crippen molar-refractivity contribution >= 4 is 17.5 Å². The molecule has 4 rings (SSSR count). The molecule has 1 N–H and O–H groups in total. The van der Waals surface area contributed by atoms with Gasteiger partial charge in [0.2, 0.25) is 5.91 Å². The zero-order valence-electron chi connectivity index (χ0n) is 20.1. The number of hydrogen-bond donors (Lipinski definition) is 1. The Morgan fingerprint density at radius 2 is 1.31 bits per heavy atom. The second-order valence-electron chi connectivity index (χ2n) is 8.79. The zero-order valence-corrected chi connectivity index (χ0v) is 20.1. The fraction of sp³-hybridized carbons (Fsp3) is 0.161. The van der Waals surface area contributed by atoms with Crippen LogP contribution in [0.2, 0.25) is 0 Å².